The van der Waals surface area contributed by atoms with Crippen LogP contribution in [0.2, 0.25) is 0 Å². The number of hydrogen-bond donors (Lipinski definition) is 2. The van der Waals surface area contributed by atoms with E-state index in [1.165, 1.54) is 11.3 Å². The number of nitrogens with one attached hydrogen (secondary N) is 2. The second-order valence-corrected chi connectivity index (χ2v) is 9.07. The van der Waals surface area contributed by atoms with Gasteiger partial charge >= 0.3 is 0 Å². The number of anilines is 1. The van der Waals surface area contributed by atoms with Gasteiger partial charge in [-0.15, -0.1) is 10.2 Å². The van der Waals surface area contributed by atoms with Crippen LogP contribution in [0.5, 0.6) is 5.75 Å². The molecule has 0 spiro atoms. The minimum atomic E-state index is -0.303. The van der Waals surface area contributed by atoms with Crippen molar-refractivity contribution in [3.63, 3.8) is 0 Å². The Bertz CT molecular complexity index is 1330. The van der Waals surface area contributed by atoms with E-state index in [2.05, 4.69) is 25.9 Å². The minimum absolute atomic E-state index is 0.0252. The van der Waals surface area contributed by atoms with E-state index < -0.39 is 0 Å². The largest absolute Gasteiger partial charge is 0.491 e. The lowest BCUT2D eigenvalue weighted by molar-refractivity contribution is 0.0977. The third kappa shape index (κ3) is 5.18. The van der Waals surface area contributed by atoms with Crippen molar-refractivity contribution >= 4 is 45.2 Å². The fourth-order valence-electron chi connectivity index (χ4n) is 3.24. The number of benzene rings is 2. The molecule has 4 aromatic rings. The lowest BCUT2D eigenvalue weighted by atomic mass is 10.1. The Hall–Kier alpha value is -3.37. The molecule has 170 valence electrons. The van der Waals surface area contributed by atoms with Crippen LogP contribution >= 0.6 is 23.6 Å². The Morgan fingerprint density at radius 2 is 2.03 bits per heavy atom. The van der Waals surface area contributed by atoms with Crippen LogP contribution in [0.3, 0.4) is 0 Å². The van der Waals surface area contributed by atoms with Gasteiger partial charge in [-0.05, 0) is 75.0 Å². The molecule has 2 aromatic heterocycles. The van der Waals surface area contributed by atoms with Gasteiger partial charge < -0.3 is 10.1 Å². The van der Waals surface area contributed by atoms with Gasteiger partial charge in [-0.25, -0.2) is 0 Å². The SMILES string of the molecule is CCc1nnc2sc(-c3ccc(NC(=S)NC(=O)c4cccc(OC(C)C)c4)c(C)c3)nn12. The predicted octanol–water partition coefficient (Wildman–Crippen LogP) is 4.64. The van der Waals surface area contributed by atoms with E-state index in [0.717, 1.165) is 39.0 Å². The lowest BCUT2D eigenvalue weighted by Gasteiger charge is -2.13. The highest BCUT2D eigenvalue weighted by atomic mass is 32.1. The number of fused-ring (bicyclic) bond motifs is 1. The first kappa shape index (κ1) is 22.8. The summed E-state index contributed by atoms with van der Waals surface area (Å²) in [5, 5.41) is 19.9. The molecule has 0 aliphatic carbocycles. The van der Waals surface area contributed by atoms with Gasteiger partial charge in [0, 0.05) is 23.2 Å². The average Bonchev–Trinajstić information content (AvgIpc) is 3.35. The molecule has 0 bridgehead atoms. The number of carbonyl (C=O) groups is 1. The highest BCUT2D eigenvalue weighted by Crippen LogP contribution is 2.28. The van der Waals surface area contributed by atoms with Gasteiger partial charge in [-0.1, -0.05) is 24.3 Å². The summed E-state index contributed by atoms with van der Waals surface area (Å²) in [6.07, 6.45) is 0.793. The molecule has 2 N–H and O–H groups in total. The maximum absolute atomic E-state index is 12.6. The topological polar surface area (TPSA) is 93.4 Å². The number of aryl methyl sites for hydroxylation is 2. The molecule has 0 unspecified atom stereocenters. The number of ether oxygens (including phenoxy) is 1. The number of thiocarbonyl (C=S) groups is 1. The zero-order valence-corrected chi connectivity index (χ0v) is 20.4. The molecule has 4 rings (SSSR count). The molecule has 0 aliphatic rings. The lowest BCUT2D eigenvalue weighted by Crippen LogP contribution is -2.34. The number of nitrogens with zero attached hydrogens (tertiary/aromatic N) is 4. The smallest absolute Gasteiger partial charge is 0.257 e. The number of carbonyl (C=O) groups excluding carboxylic acids is 1. The zero-order chi connectivity index (χ0) is 23.5. The summed E-state index contributed by atoms with van der Waals surface area (Å²) in [4.78, 5) is 13.4. The molecule has 2 aromatic carbocycles. The Balaban J connectivity index is 1.44. The molecule has 0 radical (unpaired) electrons. The van der Waals surface area contributed by atoms with Crippen molar-refractivity contribution in [3.8, 4) is 16.3 Å². The zero-order valence-electron chi connectivity index (χ0n) is 18.7. The van der Waals surface area contributed by atoms with Crippen LogP contribution in [0.25, 0.3) is 15.5 Å². The van der Waals surface area contributed by atoms with Crippen LogP contribution < -0.4 is 15.4 Å². The monoisotopic (exact) mass is 480 g/mol. The van der Waals surface area contributed by atoms with E-state index in [-0.39, 0.29) is 17.1 Å². The van der Waals surface area contributed by atoms with Crippen molar-refractivity contribution < 1.29 is 9.53 Å². The van der Waals surface area contributed by atoms with E-state index in [1.54, 1.807) is 22.7 Å². The quantitative estimate of drug-likeness (QED) is 0.388. The van der Waals surface area contributed by atoms with Crippen molar-refractivity contribution in [2.75, 3.05) is 5.32 Å². The molecule has 33 heavy (non-hydrogen) atoms. The van der Waals surface area contributed by atoms with Gasteiger partial charge in [0.25, 0.3) is 5.91 Å². The van der Waals surface area contributed by atoms with Gasteiger partial charge in [0.05, 0.1) is 6.10 Å². The summed E-state index contributed by atoms with van der Waals surface area (Å²) < 4.78 is 7.44. The summed E-state index contributed by atoms with van der Waals surface area (Å²) in [5.41, 5.74) is 3.22. The Kier molecular flexibility index (Phi) is 6.66. The average molecular weight is 481 g/mol. The van der Waals surface area contributed by atoms with E-state index in [4.69, 9.17) is 17.0 Å². The Labute approximate surface area is 201 Å². The second-order valence-electron chi connectivity index (χ2n) is 7.70. The standard InChI is InChI=1S/C23H24N6O2S2/c1-5-19-26-27-23-29(19)28-21(33-23)16-9-10-18(14(4)11-16)24-22(32)25-20(30)15-7-6-8-17(12-15)31-13(2)3/h6-13H,5H2,1-4H3,(H2,24,25,30,32). The normalized spacial score (nSPS) is 11.1. The molecule has 0 aliphatic heterocycles. The maximum Gasteiger partial charge on any atom is 0.257 e. The van der Waals surface area contributed by atoms with Gasteiger partial charge in [-0.3, -0.25) is 10.1 Å². The molecule has 10 heteroatoms. The summed E-state index contributed by atoms with van der Waals surface area (Å²) in [6, 6.07) is 12.9. The van der Waals surface area contributed by atoms with Crippen LogP contribution in [0.4, 0.5) is 5.69 Å². The van der Waals surface area contributed by atoms with Crippen LogP contribution in [-0.2, 0) is 6.42 Å². The number of hydrogen-bond acceptors (Lipinski definition) is 7. The van der Waals surface area contributed by atoms with Gasteiger partial charge in [0.15, 0.2) is 10.9 Å². The van der Waals surface area contributed by atoms with Gasteiger partial charge in [-0.2, -0.15) is 9.61 Å². The number of rotatable bonds is 6. The van der Waals surface area contributed by atoms with E-state index in [0.29, 0.717) is 11.3 Å². The molecule has 0 saturated heterocycles. The Morgan fingerprint density at radius 3 is 2.76 bits per heavy atom. The fourth-order valence-corrected chi connectivity index (χ4v) is 4.30. The van der Waals surface area contributed by atoms with E-state index in [1.807, 2.05) is 52.0 Å². The summed E-state index contributed by atoms with van der Waals surface area (Å²) in [5.74, 6) is 1.17. The van der Waals surface area contributed by atoms with Crippen molar-refractivity contribution in [1.29, 1.82) is 0 Å². The third-order valence-electron chi connectivity index (χ3n) is 4.79. The van der Waals surface area contributed by atoms with Gasteiger partial charge in [0.1, 0.15) is 10.8 Å². The first-order chi connectivity index (χ1) is 15.8. The van der Waals surface area contributed by atoms with E-state index >= 15 is 0 Å². The first-order valence-electron chi connectivity index (χ1n) is 10.5. The fraction of sp³-hybridized carbons (Fsp3) is 0.261. The Morgan fingerprint density at radius 1 is 1.21 bits per heavy atom. The molecular formula is C23H24N6O2S2. The molecular weight excluding hydrogens is 456 g/mol. The van der Waals surface area contributed by atoms with Crippen molar-refractivity contribution in [3.05, 3.63) is 59.4 Å². The van der Waals surface area contributed by atoms with Crippen molar-refractivity contribution in [1.82, 2.24) is 25.1 Å². The molecule has 1 amide bonds. The molecule has 2 heterocycles. The van der Waals surface area contributed by atoms with Crippen LogP contribution in [0.1, 0.15) is 42.5 Å². The first-order valence-corrected chi connectivity index (χ1v) is 11.8. The molecule has 0 atom stereocenters. The van der Waals surface area contributed by atoms with Crippen LogP contribution in [0, 0.1) is 6.92 Å². The maximum atomic E-state index is 12.6. The predicted molar refractivity (Wildman–Crippen MR) is 134 cm³/mol. The van der Waals surface area contributed by atoms with Gasteiger partial charge in [0.2, 0.25) is 4.96 Å². The molecule has 8 nitrogen and oxygen atoms in total. The van der Waals surface area contributed by atoms with Crippen molar-refractivity contribution in [2.24, 2.45) is 0 Å². The van der Waals surface area contributed by atoms with Crippen LogP contribution in [-0.4, -0.2) is 36.9 Å². The highest BCUT2D eigenvalue weighted by Gasteiger charge is 2.14. The number of aromatic nitrogens is 4. The third-order valence-corrected chi connectivity index (χ3v) is 5.94. The van der Waals surface area contributed by atoms with Crippen LogP contribution in [0.15, 0.2) is 42.5 Å². The summed E-state index contributed by atoms with van der Waals surface area (Å²) >= 11 is 6.85. The number of amides is 1. The van der Waals surface area contributed by atoms with E-state index in [9.17, 15) is 4.79 Å². The summed E-state index contributed by atoms with van der Waals surface area (Å²) in [7, 11) is 0. The highest BCUT2D eigenvalue weighted by molar-refractivity contribution is 7.80. The molecule has 0 saturated carbocycles. The summed E-state index contributed by atoms with van der Waals surface area (Å²) in [6.45, 7) is 7.87. The molecule has 0 fully saturated rings. The minimum Gasteiger partial charge on any atom is -0.491 e. The van der Waals surface area contributed by atoms with Crippen molar-refractivity contribution in [2.45, 2.75) is 40.2 Å². The second kappa shape index (κ2) is 9.63.